The lowest BCUT2D eigenvalue weighted by molar-refractivity contribution is 0.191. The molecule has 0 unspecified atom stereocenters. The molecule has 3 nitrogen and oxygen atoms in total. The van der Waals surface area contributed by atoms with Crippen LogP contribution in [0.15, 0.2) is 24.3 Å². The molecule has 1 saturated heterocycles. The number of ether oxygens (including phenoxy) is 1. The second kappa shape index (κ2) is 7.51. The molecule has 0 aromatic heterocycles. The van der Waals surface area contributed by atoms with Gasteiger partial charge < -0.3 is 10.1 Å². The summed E-state index contributed by atoms with van der Waals surface area (Å²) >= 11 is 0. The topological polar surface area (TPSA) is 24.5 Å². The Morgan fingerprint density at radius 1 is 1.16 bits per heavy atom. The van der Waals surface area contributed by atoms with Crippen LogP contribution in [0.1, 0.15) is 19.4 Å². The van der Waals surface area contributed by atoms with Gasteiger partial charge in [-0.2, -0.15) is 0 Å². The molecule has 1 aliphatic rings. The molecule has 1 heterocycles. The second-order valence-corrected chi connectivity index (χ2v) is 5.68. The summed E-state index contributed by atoms with van der Waals surface area (Å²) in [4.78, 5) is 2.45. The van der Waals surface area contributed by atoms with Crippen molar-refractivity contribution in [2.24, 2.45) is 5.92 Å². The molecule has 106 valence electrons. The molecule has 0 aliphatic carbocycles. The van der Waals surface area contributed by atoms with Crippen molar-refractivity contribution >= 4 is 0 Å². The lowest BCUT2D eigenvalue weighted by Gasteiger charge is -2.26. The molecular weight excluding hydrogens is 236 g/mol. The van der Waals surface area contributed by atoms with Crippen LogP contribution in [0.3, 0.4) is 0 Å². The normalized spacial score (nSPS) is 16.8. The second-order valence-electron chi connectivity index (χ2n) is 5.68. The zero-order chi connectivity index (χ0) is 13.5. The third-order valence-electron chi connectivity index (χ3n) is 3.45. The van der Waals surface area contributed by atoms with Crippen LogP contribution in [0, 0.1) is 5.92 Å². The summed E-state index contributed by atoms with van der Waals surface area (Å²) in [6.45, 7) is 10.8. The van der Waals surface area contributed by atoms with E-state index in [-0.39, 0.29) is 0 Å². The van der Waals surface area contributed by atoms with E-state index < -0.39 is 0 Å². The molecule has 1 aliphatic heterocycles. The molecule has 0 radical (unpaired) electrons. The van der Waals surface area contributed by atoms with E-state index in [2.05, 4.69) is 48.3 Å². The van der Waals surface area contributed by atoms with Crippen LogP contribution in [0.4, 0.5) is 0 Å². The number of nitrogens with one attached hydrogen (secondary N) is 1. The Morgan fingerprint density at radius 3 is 2.47 bits per heavy atom. The summed E-state index contributed by atoms with van der Waals surface area (Å²) in [5.74, 6) is 1.70. The van der Waals surface area contributed by atoms with Crippen molar-refractivity contribution < 1.29 is 4.74 Å². The van der Waals surface area contributed by atoms with Crippen molar-refractivity contribution in [2.45, 2.75) is 20.3 Å². The predicted molar refractivity (Wildman–Crippen MR) is 79.8 cm³/mol. The van der Waals surface area contributed by atoms with Gasteiger partial charge in [-0.25, -0.2) is 0 Å². The Bertz CT molecular complexity index is 356. The first-order valence-electron chi connectivity index (χ1n) is 7.39. The van der Waals surface area contributed by atoms with Crippen molar-refractivity contribution in [3.8, 4) is 5.75 Å². The van der Waals surface area contributed by atoms with E-state index in [4.69, 9.17) is 4.74 Å². The van der Waals surface area contributed by atoms with Gasteiger partial charge >= 0.3 is 0 Å². The maximum Gasteiger partial charge on any atom is 0.119 e. The standard InChI is InChI=1S/C16H26N2O/c1-14(2)13-15-3-5-16(6-4-15)19-12-11-18-9-7-17-8-10-18/h3-6,14,17H,7-13H2,1-2H3. The highest BCUT2D eigenvalue weighted by Crippen LogP contribution is 2.14. The largest absolute Gasteiger partial charge is 0.492 e. The van der Waals surface area contributed by atoms with E-state index in [1.807, 2.05) is 0 Å². The molecule has 1 aromatic rings. The molecule has 3 heteroatoms. The Hall–Kier alpha value is -1.06. The average molecular weight is 262 g/mol. The van der Waals surface area contributed by atoms with Gasteiger partial charge in [-0.3, -0.25) is 4.90 Å². The molecule has 0 spiro atoms. The lowest BCUT2D eigenvalue weighted by atomic mass is 10.0. The van der Waals surface area contributed by atoms with Crippen molar-refractivity contribution in [1.82, 2.24) is 10.2 Å². The molecule has 1 N–H and O–H groups in total. The van der Waals surface area contributed by atoms with E-state index >= 15 is 0 Å². The zero-order valence-corrected chi connectivity index (χ0v) is 12.2. The molecule has 0 bridgehead atoms. The third-order valence-corrected chi connectivity index (χ3v) is 3.45. The highest BCUT2D eigenvalue weighted by molar-refractivity contribution is 5.27. The van der Waals surface area contributed by atoms with Gasteiger partial charge in [0.05, 0.1) is 0 Å². The van der Waals surface area contributed by atoms with Gasteiger partial charge in [-0.05, 0) is 30.0 Å². The highest BCUT2D eigenvalue weighted by Gasteiger charge is 2.08. The minimum Gasteiger partial charge on any atom is -0.492 e. The summed E-state index contributed by atoms with van der Waals surface area (Å²) in [6.07, 6.45) is 1.14. The van der Waals surface area contributed by atoms with E-state index in [1.165, 1.54) is 5.56 Å². The van der Waals surface area contributed by atoms with Crippen LogP contribution in [0.25, 0.3) is 0 Å². The molecule has 0 atom stereocenters. The van der Waals surface area contributed by atoms with Gasteiger partial charge in [0.15, 0.2) is 0 Å². The number of hydrogen-bond acceptors (Lipinski definition) is 3. The fourth-order valence-electron chi connectivity index (χ4n) is 2.42. The maximum absolute atomic E-state index is 5.81. The van der Waals surface area contributed by atoms with Crippen molar-refractivity contribution in [1.29, 1.82) is 0 Å². The molecule has 1 aromatic carbocycles. The van der Waals surface area contributed by atoms with Gasteiger partial charge in [0.2, 0.25) is 0 Å². The molecule has 0 saturated carbocycles. The van der Waals surface area contributed by atoms with Gasteiger partial charge in [0, 0.05) is 32.7 Å². The first-order valence-corrected chi connectivity index (χ1v) is 7.39. The smallest absolute Gasteiger partial charge is 0.119 e. The quantitative estimate of drug-likeness (QED) is 0.850. The summed E-state index contributed by atoms with van der Waals surface area (Å²) in [5, 5.41) is 3.36. The van der Waals surface area contributed by atoms with Crippen LogP contribution in [0.2, 0.25) is 0 Å². The molecular formula is C16H26N2O. The molecule has 0 amide bonds. The van der Waals surface area contributed by atoms with Crippen LogP contribution in [0.5, 0.6) is 5.75 Å². The highest BCUT2D eigenvalue weighted by atomic mass is 16.5. The van der Waals surface area contributed by atoms with Crippen molar-refractivity contribution in [2.75, 3.05) is 39.3 Å². The van der Waals surface area contributed by atoms with Gasteiger partial charge in [0.25, 0.3) is 0 Å². The summed E-state index contributed by atoms with van der Waals surface area (Å²) in [6, 6.07) is 8.55. The van der Waals surface area contributed by atoms with Gasteiger partial charge in [0.1, 0.15) is 12.4 Å². The summed E-state index contributed by atoms with van der Waals surface area (Å²) in [5.41, 5.74) is 1.39. The fraction of sp³-hybridized carbons (Fsp3) is 0.625. The number of hydrogen-bond donors (Lipinski definition) is 1. The van der Waals surface area contributed by atoms with Gasteiger partial charge in [-0.1, -0.05) is 26.0 Å². The first-order chi connectivity index (χ1) is 9.24. The SMILES string of the molecule is CC(C)Cc1ccc(OCCN2CCNCC2)cc1. The third kappa shape index (κ3) is 5.21. The summed E-state index contributed by atoms with van der Waals surface area (Å²) in [7, 11) is 0. The molecule has 1 fully saturated rings. The number of nitrogens with zero attached hydrogens (tertiary/aromatic N) is 1. The first kappa shape index (κ1) is 14.4. The van der Waals surface area contributed by atoms with E-state index in [0.29, 0.717) is 5.92 Å². The number of rotatable bonds is 6. The Balaban J connectivity index is 1.70. The number of piperazine rings is 1. The Kier molecular flexibility index (Phi) is 5.67. The van der Waals surface area contributed by atoms with E-state index in [9.17, 15) is 0 Å². The minimum atomic E-state index is 0.708. The lowest BCUT2D eigenvalue weighted by Crippen LogP contribution is -2.44. The van der Waals surface area contributed by atoms with Crippen molar-refractivity contribution in [3.63, 3.8) is 0 Å². The van der Waals surface area contributed by atoms with Gasteiger partial charge in [-0.15, -0.1) is 0 Å². The molecule has 19 heavy (non-hydrogen) atoms. The van der Waals surface area contributed by atoms with Crippen LogP contribution >= 0.6 is 0 Å². The van der Waals surface area contributed by atoms with Crippen LogP contribution < -0.4 is 10.1 Å². The fourth-order valence-corrected chi connectivity index (χ4v) is 2.42. The number of benzene rings is 1. The maximum atomic E-state index is 5.81. The minimum absolute atomic E-state index is 0.708. The molecule has 2 rings (SSSR count). The zero-order valence-electron chi connectivity index (χ0n) is 12.2. The van der Waals surface area contributed by atoms with E-state index in [0.717, 1.165) is 51.5 Å². The van der Waals surface area contributed by atoms with Crippen LogP contribution in [-0.4, -0.2) is 44.2 Å². The summed E-state index contributed by atoms with van der Waals surface area (Å²) < 4.78 is 5.81. The Labute approximate surface area is 116 Å². The predicted octanol–water partition coefficient (Wildman–Crippen LogP) is 2.17. The van der Waals surface area contributed by atoms with Crippen LogP contribution in [-0.2, 0) is 6.42 Å². The Morgan fingerprint density at radius 2 is 1.84 bits per heavy atom. The average Bonchev–Trinajstić information content (AvgIpc) is 2.41. The van der Waals surface area contributed by atoms with E-state index in [1.54, 1.807) is 0 Å². The monoisotopic (exact) mass is 262 g/mol. The van der Waals surface area contributed by atoms with Crippen molar-refractivity contribution in [3.05, 3.63) is 29.8 Å².